The molecular weight excluding hydrogens is 497 g/mol. The van der Waals surface area contributed by atoms with Gasteiger partial charge in [0.05, 0.1) is 10.9 Å². The number of hydrogen-bond acceptors (Lipinski definition) is 3. The first kappa shape index (κ1) is 25.9. The Morgan fingerprint density at radius 1 is 0.757 bits per heavy atom. The minimum Gasteiger partial charge on any atom is -0.544 e. The predicted octanol–water partition coefficient (Wildman–Crippen LogP) is 5.48. The summed E-state index contributed by atoms with van der Waals surface area (Å²) in [6.07, 6.45) is 3.19. The van der Waals surface area contributed by atoms with Crippen LogP contribution in [0.5, 0.6) is 0 Å². The van der Waals surface area contributed by atoms with Crippen molar-refractivity contribution in [3.63, 3.8) is 0 Å². The molecule has 3 aromatic rings. The molecule has 3 aromatic carbocycles. The summed E-state index contributed by atoms with van der Waals surface area (Å²) in [6, 6.07) is 27.5. The lowest BCUT2D eigenvalue weighted by Crippen LogP contribution is -2.70. The smallest absolute Gasteiger partial charge is 0.315 e. The second-order valence-electron chi connectivity index (χ2n) is 10.4. The maximum Gasteiger partial charge on any atom is 0.315 e. The fraction of sp³-hybridized carbons (Fsp3) is 0.367. The highest BCUT2D eigenvalue weighted by atomic mass is 32.2. The molecule has 37 heavy (non-hydrogen) atoms. The lowest BCUT2D eigenvalue weighted by atomic mass is 9.48. The molecule has 4 fully saturated rings. The molecule has 0 spiro atoms. The lowest BCUT2D eigenvalue weighted by molar-refractivity contribution is -0.360. The molecule has 0 atom stereocenters. The summed E-state index contributed by atoms with van der Waals surface area (Å²) in [5.74, 6) is -7.12. The molecule has 0 aliphatic heterocycles. The zero-order chi connectivity index (χ0) is 26.2. The van der Waals surface area contributed by atoms with Crippen LogP contribution in [-0.2, 0) is 15.7 Å². The number of carboxylic acids is 1. The third-order valence-corrected chi connectivity index (χ3v) is 10.4. The average molecular weight is 527 g/mol. The van der Waals surface area contributed by atoms with Crippen LogP contribution in [0, 0.1) is 29.5 Å². The molecule has 0 heterocycles. The summed E-state index contributed by atoms with van der Waals surface area (Å²) in [5, 5.41) is 20.9. The predicted molar refractivity (Wildman–Crippen MR) is 133 cm³/mol. The van der Waals surface area contributed by atoms with Gasteiger partial charge < -0.3 is 15.0 Å². The summed E-state index contributed by atoms with van der Waals surface area (Å²) < 4.78 is 40.7. The molecule has 1 N–H and O–H groups in total. The Bertz CT molecular complexity index is 1150. The van der Waals surface area contributed by atoms with Crippen molar-refractivity contribution < 1.29 is 28.2 Å². The van der Waals surface area contributed by atoms with E-state index in [4.69, 9.17) is 0 Å². The zero-order valence-electron chi connectivity index (χ0n) is 20.2. The highest BCUT2D eigenvalue weighted by Gasteiger charge is 2.68. The molecule has 7 heteroatoms. The summed E-state index contributed by atoms with van der Waals surface area (Å²) >= 11 is 0. The number of aliphatic hydroxyl groups is 1. The van der Waals surface area contributed by atoms with E-state index in [1.807, 2.05) is 48.5 Å². The fourth-order valence-corrected chi connectivity index (χ4v) is 8.75. The van der Waals surface area contributed by atoms with Gasteiger partial charge in [-0.1, -0.05) is 36.4 Å². The number of aliphatic carboxylic acids is 1. The molecule has 194 valence electrons. The van der Waals surface area contributed by atoms with Gasteiger partial charge in [0, 0.05) is 0 Å². The number of halogens is 3. The summed E-state index contributed by atoms with van der Waals surface area (Å²) in [4.78, 5) is 14.2. The van der Waals surface area contributed by atoms with Crippen molar-refractivity contribution in [1.82, 2.24) is 0 Å². The van der Waals surface area contributed by atoms with Crippen LogP contribution in [0.3, 0.4) is 0 Å². The van der Waals surface area contributed by atoms with Crippen LogP contribution in [0.2, 0.25) is 0 Å². The van der Waals surface area contributed by atoms with Gasteiger partial charge in [-0.25, -0.2) is 4.39 Å². The van der Waals surface area contributed by atoms with Gasteiger partial charge in [-0.2, -0.15) is 8.78 Å². The monoisotopic (exact) mass is 526 g/mol. The van der Waals surface area contributed by atoms with E-state index in [-0.39, 0.29) is 16.7 Å². The molecule has 0 radical (unpaired) electrons. The Labute approximate surface area is 217 Å². The third-order valence-electron chi connectivity index (χ3n) is 8.15. The maximum atomic E-state index is 13.8. The number of benzene rings is 3. The van der Waals surface area contributed by atoms with Crippen LogP contribution in [0.4, 0.5) is 13.2 Å². The van der Waals surface area contributed by atoms with Crippen molar-refractivity contribution in [3.8, 4) is 0 Å². The van der Waals surface area contributed by atoms with Crippen LogP contribution >= 0.6 is 0 Å². The van der Waals surface area contributed by atoms with Crippen molar-refractivity contribution in [2.45, 2.75) is 58.3 Å². The third kappa shape index (κ3) is 4.79. The van der Waals surface area contributed by atoms with Gasteiger partial charge in [-0.3, -0.25) is 0 Å². The fourth-order valence-electron chi connectivity index (χ4n) is 6.67. The van der Waals surface area contributed by atoms with Gasteiger partial charge in [-0.15, -0.1) is 0 Å². The Kier molecular flexibility index (Phi) is 7.12. The van der Waals surface area contributed by atoms with Crippen LogP contribution in [0.1, 0.15) is 32.1 Å². The quantitative estimate of drug-likeness (QED) is 0.448. The van der Waals surface area contributed by atoms with Crippen molar-refractivity contribution in [2.24, 2.45) is 23.7 Å². The molecule has 0 aromatic heterocycles. The van der Waals surface area contributed by atoms with E-state index in [9.17, 15) is 28.2 Å². The molecular formula is C30H29F3O3S. The van der Waals surface area contributed by atoms with Crippen LogP contribution in [0.25, 0.3) is 0 Å². The molecule has 4 bridgehead atoms. The summed E-state index contributed by atoms with van der Waals surface area (Å²) in [6.45, 7) is 0. The van der Waals surface area contributed by atoms with Crippen molar-refractivity contribution >= 4 is 16.9 Å². The summed E-state index contributed by atoms with van der Waals surface area (Å²) in [7, 11) is -0.190. The minimum atomic E-state index is -4.13. The largest absolute Gasteiger partial charge is 0.544 e. The van der Waals surface area contributed by atoms with Gasteiger partial charge in [0.15, 0.2) is 14.7 Å². The van der Waals surface area contributed by atoms with Crippen molar-refractivity contribution in [3.05, 3.63) is 90.7 Å². The molecule has 3 nitrogen and oxygen atoms in total. The molecule has 7 rings (SSSR count). The molecule has 0 amide bonds. The standard InChI is InChI=1S/C18H14FS.C12H16F2O3/c19-15-11-13-18(14-12-15)20(16-7-3-1-4-8-16)17-9-5-2-6-10-17;13-12(14,10(15)16)11(17)8-2-6-1-7(4-8)5-9(11)3-6/h1-14H;6-9,17H,1-5H2,(H,15,16)/q+1;/p-1. The molecule has 4 saturated carbocycles. The van der Waals surface area contributed by atoms with Crippen LogP contribution in [0.15, 0.2) is 99.6 Å². The second-order valence-corrected chi connectivity index (χ2v) is 12.4. The molecule has 0 unspecified atom stereocenters. The number of carboxylic acid groups (broad SMARTS) is 1. The van der Waals surface area contributed by atoms with Crippen LogP contribution < -0.4 is 5.11 Å². The van der Waals surface area contributed by atoms with E-state index >= 15 is 0 Å². The van der Waals surface area contributed by atoms with Gasteiger partial charge in [0.2, 0.25) is 0 Å². The van der Waals surface area contributed by atoms with Gasteiger partial charge >= 0.3 is 5.92 Å². The van der Waals surface area contributed by atoms with E-state index in [2.05, 4.69) is 24.3 Å². The van der Waals surface area contributed by atoms with E-state index in [0.717, 1.165) is 11.3 Å². The van der Waals surface area contributed by atoms with E-state index in [1.165, 1.54) is 21.9 Å². The first-order valence-electron chi connectivity index (χ1n) is 12.6. The van der Waals surface area contributed by atoms with E-state index in [0.29, 0.717) is 37.5 Å². The first-order valence-corrected chi connectivity index (χ1v) is 13.8. The number of carbonyl (C=O) groups is 1. The molecule has 4 aliphatic rings. The van der Waals surface area contributed by atoms with Crippen molar-refractivity contribution in [2.75, 3.05) is 0 Å². The topological polar surface area (TPSA) is 60.4 Å². The van der Waals surface area contributed by atoms with Crippen molar-refractivity contribution in [1.29, 1.82) is 0 Å². The minimum absolute atomic E-state index is 0.190. The Balaban J connectivity index is 0.000000153. The van der Waals surface area contributed by atoms with Crippen LogP contribution in [-0.4, -0.2) is 22.6 Å². The lowest BCUT2D eigenvalue weighted by Gasteiger charge is -2.60. The Morgan fingerprint density at radius 3 is 1.57 bits per heavy atom. The van der Waals surface area contributed by atoms with E-state index in [1.54, 1.807) is 0 Å². The number of carbonyl (C=O) groups excluding carboxylic acids is 1. The molecule has 0 saturated heterocycles. The first-order chi connectivity index (χ1) is 17.7. The second kappa shape index (κ2) is 10.2. The maximum absolute atomic E-state index is 13.8. The average Bonchev–Trinajstić information content (AvgIpc) is 2.89. The number of rotatable bonds is 5. The zero-order valence-corrected chi connectivity index (χ0v) is 21.1. The SMILES string of the molecule is Fc1ccc([S+](c2ccccc2)c2ccccc2)cc1.O=C([O-])C(F)(F)C1(O)C2CC3CC(C2)CC1C3. The van der Waals surface area contributed by atoms with E-state index < -0.39 is 29.3 Å². The van der Waals surface area contributed by atoms with Gasteiger partial charge in [0.1, 0.15) is 17.4 Å². The number of hydrogen-bond donors (Lipinski definition) is 1. The Morgan fingerprint density at radius 2 is 1.16 bits per heavy atom. The normalized spacial score (nSPS) is 28.0. The highest BCUT2D eigenvalue weighted by molar-refractivity contribution is 7.97. The molecule has 4 aliphatic carbocycles. The van der Waals surface area contributed by atoms with Gasteiger partial charge in [-0.05, 0) is 104 Å². The summed E-state index contributed by atoms with van der Waals surface area (Å²) in [5.41, 5.74) is -2.38. The highest BCUT2D eigenvalue weighted by Crippen LogP contribution is 2.62. The van der Waals surface area contributed by atoms with Gasteiger partial charge in [0.25, 0.3) is 0 Å². The Hall–Kier alpha value is -2.77. The number of alkyl halides is 2.